The quantitative estimate of drug-likeness (QED) is 0.850. The van der Waals surface area contributed by atoms with E-state index in [2.05, 4.69) is 35.6 Å². The van der Waals surface area contributed by atoms with E-state index >= 15 is 0 Å². The van der Waals surface area contributed by atoms with Crippen molar-refractivity contribution in [2.24, 2.45) is 0 Å². The second kappa shape index (κ2) is 6.64. The number of nitrogens with zero attached hydrogens (tertiary/aromatic N) is 3. The zero-order valence-corrected chi connectivity index (χ0v) is 11.5. The van der Waals surface area contributed by atoms with Gasteiger partial charge in [0.25, 0.3) is 0 Å². The van der Waals surface area contributed by atoms with Gasteiger partial charge in [-0.25, -0.2) is 4.98 Å². The van der Waals surface area contributed by atoms with Crippen LogP contribution < -0.4 is 10.6 Å². The van der Waals surface area contributed by atoms with E-state index < -0.39 is 0 Å². The maximum absolute atomic E-state index is 6.15. The Morgan fingerprint density at radius 2 is 2.18 bits per heavy atom. The van der Waals surface area contributed by atoms with Gasteiger partial charge in [0.15, 0.2) is 5.82 Å². The first kappa shape index (κ1) is 14.0. The molecule has 0 aliphatic rings. The smallest absolute Gasteiger partial charge is 0.222 e. The lowest BCUT2D eigenvalue weighted by Crippen LogP contribution is -2.34. The van der Waals surface area contributed by atoms with Crippen LogP contribution >= 0.6 is 11.6 Å². The average molecular weight is 257 g/mol. The molecule has 0 aliphatic heterocycles. The fourth-order valence-electron chi connectivity index (χ4n) is 1.66. The molecule has 1 heterocycles. The standard InChI is InChI=1S/C12H21ClN4/c1-4-6-7-17(9(3)5-2)11-10(13)8-15-12(14)16-11/h8-9H,4-7H2,1-3H3,(H2,14,15,16). The van der Waals surface area contributed by atoms with Crippen molar-refractivity contribution in [1.29, 1.82) is 0 Å². The molecular weight excluding hydrogens is 236 g/mol. The van der Waals surface area contributed by atoms with Crippen molar-refractivity contribution in [1.82, 2.24) is 9.97 Å². The summed E-state index contributed by atoms with van der Waals surface area (Å²) in [6, 6.07) is 0.397. The number of aromatic nitrogens is 2. The molecule has 0 saturated carbocycles. The second-order valence-corrected chi connectivity index (χ2v) is 4.61. The molecule has 0 radical (unpaired) electrons. The lowest BCUT2D eigenvalue weighted by molar-refractivity contribution is 0.589. The molecule has 0 amide bonds. The number of nitrogens with two attached hydrogens (primary N) is 1. The number of nitrogen functional groups attached to an aromatic ring is 1. The van der Waals surface area contributed by atoms with Gasteiger partial charge < -0.3 is 10.6 Å². The summed E-state index contributed by atoms with van der Waals surface area (Å²) in [6.07, 6.45) is 4.88. The van der Waals surface area contributed by atoms with Gasteiger partial charge in [-0.2, -0.15) is 4.98 Å². The predicted molar refractivity (Wildman–Crippen MR) is 73.5 cm³/mol. The molecule has 17 heavy (non-hydrogen) atoms. The van der Waals surface area contributed by atoms with Gasteiger partial charge in [-0.05, 0) is 19.8 Å². The van der Waals surface area contributed by atoms with Crippen LogP contribution in [0.25, 0.3) is 0 Å². The van der Waals surface area contributed by atoms with Crippen LogP contribution in [0.3, 0.4) is 0 Å². The number of unbranched alkanes of at least 4 members (excludes halogenated alkanes) is 1. The number of hydrogen-bond donors (Lipinski definition) is 1. The van der Waals surface area contributed by atoms with Crippen LogP contribution in [-0.2, 0) is 0 Å². The third kappa shape index (κ3) is 3.73. The van der Waals surface area contributed by atoms with Gasteiger partial charge in [-0.3, -0.25) is 0 Å². The first-order valence-electron chi connectivity index (χ1n) is 6.14. The lowest BCUT2D eigenvalue weighted by Gasteiger charge is -2.30. The minimum Gasteiger partial charge on any atom is -0.368 e. The fraction of sp³-hybridized carbons (Fsp3) is 0.667. The van der Waals surface area contributed by atoms with Crippen LogP contribution in [0, 0.1) is 0 Å². The summed E-state index contributed by atoms with van der Waals surface area (Å²) in [4.78, 5) is 10.4. The maximum Gasteiger partial charge on any atom is 0.222 e. The van der Waals surface area contributed by atoms with Crippen LogP contribution in [0.2, 0.25) is 5.02 Å². The van der Waals surface area contributed by atoms with E-state index in [1.807, 2.05) is 0 Å². The molecule has 1 unspecified atom stereocenters. The molecule has 0 bridgehead atoms. The molecule has 1 aromatic heterocycles. The normalized spacial score (nSPS) is 12.5. The Kier molecular flexibility index (Phi) is 5.48. The fourth-order valence-corrected chi connectivity index (χ4v) is 1.86. The Labute approximate surface area is 108 Å². The molecule has 1 atom stereocenters. The summed E-state index contributed by atoms with van der Waals surface area (Å²) in [5, 5.41) is 0.565. The summed E-state index contributed by atoms with van der Waals surface area (Å²) < 4.78 is 0. The molecule has 0 fully saturated rings. The largest absolute Gasteiger partial charge is 0.368 e. The third-order valence-corrected chi connectivity index (χ3v) is 3.16. The zero-order chi connectivity index (χ0) is 12.8. The van der Waals surface area contributed by atoms with Crippen molar-refractivity contribution in [3.05, 3.63) is 11.2 Å². The van der Waals surface area contributed by atoms with Gasteiger partial charge in [0.1, 0.15) is 5.02 Å². The van der Waals surface area contributed by atoms with E-state index in [0.29, 0.717) is 11.1 Å². The summed E-state index contributed by atoms with van der Waals surface area (Å²) in [6.45, 7) is 7.44. The Hall–Kier alpha value is -1.03. The van der Waals surface area contributed by atoms with Crippen molar-refractivity contribution < 1.29 is 0 Å². The lowest BCUT2D eigenvalue weighted by atomic mass is 10.2. The van der Waals surface area contributed by atoms with Crippen molar-refractivity contribution in [2.75, 3.05) is 17.2 Å². The van der Waals surface area contributed by atoms with Crippen LogP contribution in [0.1, 0.15) is 40.0 Å². The highest BCUT2D eigenvalue weighted by Gasteiger charge is 2.17. The van der Waals surface area contributed by atoms with Crippen molar-refractivity contribution >= 4 is 23.4 Å². The zero-order valence-electron chi connectivity index (χ0n) is 10.8. The monoisotopic (exact) mass is 256 g/mol. The minimum atomic E-state index is 0.272. The molecule has 4 nitrogen and oxygen atoms in total. The Bertz CT molecular complexity index is 356. The molecule has 0 spiro atoms. The van der Waals surface area contributed by atoms with E-state index in [1.165, 1.54) is 0 Å². The highest BCUT2D eigenvalue weighted by molar-refractivity contribution is 6.32. The average Bonchev–Trinajstić information content (AvgIpc) is 2.33. The molecule has 0 saturated heterocycles. The number of rotatable bonds is 6. The van der Waals surface area contributed by atoms with Crippen LogP contribution in [0.15, 0.2) is 6.20 Å². The minimum absolute atomic E-state index is 0.272. The number of anilines is 2. The van der Waals surface area contributed by atoms with Gasteiger partial charge in [0.2, 0.25) is 5.95 Å². The Balaban J connectivity index is 2.98. The summed E-state index contributed by atoms with van der Waals surface area (Å²) >= 11 is 6.15. The van der Waals surface area contributed by atoms with E-state index in [0.717, 1.165) is 31.6 Å². The van der Waals surface area contributed by atoms with Gasteiger partial charge >= 0.3 is 0 Å². The maximum atomic E-state index is 6.15. The topological polar surface area (TPSA) is 55.0 Å². The number of halogens is 1. The molecular formula is C12H21ClN4. The van der Waals surface area contributed by atoms with Crippen molar-refractivity contribution in [3.8, 4) is 0 Å². The van der Waals surface area contributed by atoms with Gasteiger partial charge in [-0.1, -0.05) is 31.9 Å². The molecule has 0 aromatic carbocycles. The molecule has 1 rings (SSSR count). The first-order valence-corrected chi connectivity index (χ1v) is 6.52. The third-order valence-electron chi connectivity index (χ3n) is 2.89. The SMILES string of the molecule is CCCCN(c1nc(N)ncc1Cl)C(C)CC. The van der Waals surface area contributed by atoms with Crippen LogP contribution in [0.5, 0.6) is 0 Å². The molecule has 96 valence electrons. The summed E-state index contributed by atoms with van der Waals surface area (Å²) in [5.41, 5.74) is 5.63. The van der Waals surface area contributed by atoms with E-state index in [4.69, 9.17) is 17.3 Å². The van der Waals surface area contributed by atoms with Gasteiger partial charge in [0, 0.05) is 12.6 Å². The van der Waals surface area contributed by atoms with Gasteiger partial charge in [-0.15, -0.1) is 0 Å². The molecule has 5 heteroatoms. The summed E-state index contributed by atoms with van der Waals surface area (Å²) in [7, 11) is 0. The second-order valence-electron chi connectivity index (χ2n) is 4.20. The highest BCUT2D eigenvalue weighted by atomic mass is 35.5. The predicted octanol–water partition coefficient (Wildman–Crippen LogP) is 3.12. The summed E-state index contributed by atoms with van der Waals surface area (Å²) in [5.74, 6) is 1.02. The highest BCUT2D eigenvalue weighted by Crippen LogP contribution is 2.26. The molecule has 2 N–H and O–H groups in total. The molecule has 0 aliphatic carbocycles. The van der Waals surface area contributed by atoms with Crippen LogP contribution in [0.4, 0.5) is 11.8 Å². The van der Waals surface area contributed by atoms with Crippen molar-refractivity contribution in [3.63, 3.8) is 0 Å². The number of hydrogen-bond acceptors (Lipinski definition) is 4. The van der Waals surface area contributed by atoms with Crippen LogP contribution in [-0.4, -0.2) is 22.6 Å². The van der Waals surface area contributed by atoms with E-state index in [9.17, 15) is 0 Å². The van der Waals surface area contributed by atoms with Crippen molar-refractivity contribution in [2.45, 2.75) is 46.1 Å². The van der Waals surface area contributed by atoms with E-state index in [-0.39, 0.29) is 5.95 Å². The molecule has 1 aromatic rings. The Morgan fingerprint density at radius 1 is 1.47 bits per heavy atom. The van der Waals surface area contributed by atoms with E-state index in [1.54, 1.807) is 6.20 Å². The Morgan fingerprint density at radius 3 is 2.76 bits per heavy atom. The first-order chi connectivity index (χ1) is 8.10. The van der Waals surface area contributed by atoms with Gasteiger partial charge in [0.05, 0.1) is 6.20 Å².